The number of benzene rings is 1. The van der Waals surface area contributed by atoms with Crippen LogP contribution >= 0.6 is 0 Å². The number of aromatic nitrogens is 2. The second kappa shape index (κ2) is 9.24. The Kier molecular flexibility index (Phi) is 6.26. The van der Waals surface area contributed by atoms with Crippen LogP contribution in [0.15, 0.2) is 42.5 Å². The predicted molar refractivity (Wildman–Crippen MR) is 115 cm³/mol. The van der Waals surface area contributed by atoms with Crippen molar-refractivity contribution in [2.75, 3.05) is 44.2 Å². The molecule has 158 valence electrons. The molecule has 2 aliphatic heterocycles. The maximum atomic E-state index is 12.7. The smallest absolute Gasteiger partial charge is 0.274 e. The summed E-state index contributed by atoms with van der Waals surface area (Å²) in [6.07, 6.45) is 3.40. The Bertz CT molecular complexity index is 855. The van der Waals surface area contributed by atoms with E-state index in [0.717, 1.165) is 38.2 Å². The van der Waals surface area contributed by atoms with Crippen LogP contribution in [0.5, 0.6) is 0 Å². The molecule has 0 unspecified atom stereocenters. The van der Waals surface area contributed by atoms with Crippen LogP contribution in [0.3, 0.4) is 0 Å². The van der Waals surface area contributed by atoms with Gasteiger partial charge in [-0.25, -0.2) is 0 Å². The molecule has 4 rings (SSSR count). The zero-order valence-electron chi connectivity index (χ0n) is 17.5. The summed E-state index contributed by atoms with van der Waals surface area (Å²) in [5.41, 5.74) is 1.77. The molecule has 0 bridgehead atoms. The Hall–Kier alpha value is -2.96. The first-order chi connectivity index (χ1) is 14.6. The SMILES string of the molecule is CC(=O)N1CCN(C(=O)c2ccc(N3CCC(Cc4ccccc4)CC3)nn2)CC1. The number of hydrogen-bond donors (Lipinski definition) is 0. The van der Waals surface area contributed by atoms with Crippen LogP contribution in [0.25, 0.3) is 0 Å². The molecule has 2 aromatic rings. The molecule has 0 spiro atoms. The molecule has 3 heterocycles. The lowest BCUT2D eigenvalue weighted by Gasteiger charge is -2.34. The molecule has 2 aliphatic rings. The maximum absolute atomic E-state index is 12.7. The first-order valence-electron chi connectivity index (χ1n) is 10.8. The summed E-state index contributed by atoms with van der Waals surface area (Å²) in [6, 6.07) is 14.4. The summed E-state index contributed by atoms with van der Waals surface area (Å²) in [6.45, 7) is 5.72. The van der Waals surface area contributed by atoms with E-state index in [1.54, 1.807) is 22.8 Å². The molecule has 0 radical (unpaired) electrons. The van der Waals surface area contributed by atoms with Gasteiger partial charge in [0.15, 0.2) is 11.5 Å². The highest BCUT2D eigenvalue weighted by molar-refractivity contribution is 5.92. The van der Waals surface area contributed by atoms with Crippen molar-refractivity contribution in [3.05, 3.63) is 53.7 Å². The van der Waals surface area contributed by atoms with Crippen molar-refractivity contribution < 1.29 is 9.59 Å². The standard InChI is InChI=1S/C23H29N5O2/c1-18(29)26-13-15-28(16-14-26)23(30)21-7-8-22(25-24-21)27-11-9-20(10-12-27)17-19-5-3-2-4-6-19/h2-8,20H,9-17H2,1H3. The Morgan fingerprint density at radius 3 is 2.13 bits per heavy atom. The minimum absolute atomic E-state index is 0.0544. The van der Waals surface area contributed by atoms with E-state index >= 15 is 0 Å². The van der Waals surface area contributed by atoms with Crippen molar-refractivity contribution in [3.63, 3.8) is 0 Å². The number of anilines is 1. The lowest BCUT2D eigenvalue weighted by atomic mass is 9.90. The third-order valence-corrected chi connectivity index (χ3v) is 6.19. The fourth-order valence-corrected chi connectivity index (χ4v) is 4.31. The molecule has 7 nitrogen and oxygen atoms in total. The van der Waals surface area contributed by atoms with Crippen molar-refractivity contribution in [3.8, 4) is 0 Å². The molecule has 0 saturated carbocycles. The lowest BCUT2D eigenvalue weighted by molar-refractivity contribution is -0.130. The Labute approximate surface area is 177 Å². The van der Waals surface area contributed by atoms with Gasteiger partial charge in [0.25, 0.3) is 5.91 Å². The third-order valence-electron chi connectivity index (χ3n) is 6.19. The van der Waals surface area contributed by atoms with E-state index in [1.807, 2.05) is 6.07 Å². The van der Waals surface area contributed by atoms with Gasteiger partial charge in [-0.05, 0) is 42.9 Å². The maximum Gasteiger partial charge on any atom is 0.274 e. The molecule has 0 aliphatic carbocycles. The molecule has 1 aromatic carbocycles. The van der Waals surface area contributed by atoms with Crippen LogP contribution < -0.4 is 4.90 Å². The summed E-state index contributed by atoms with van der Waals surface area (Å²) in [7, 11) is 0. The van der Waals surface area contributed by atoms with Crippen molar-refractivity contribution in [1.29, 1.82) is 0 Å². The average molecular weight is 408 g/mol. The first kappa shape index (κ1) is 20.3. The quantitative estimate of drug-likeness (QED) is 0.778. The summed E-state index contributed by atoms with van der Waals surface area (Å²) in [4.78, 5) is 29.9. The number of piperazine rings is 1. The molecule has 2 saturated heterocycles. The number of nitrogens with zero attached hydrogens (tertiary/aromatic N) is 5. The van der Waals surface area contributed by atoms with Crippen LogP contribution in [0.4, 0.5) is 5.82 Å². The van der Waals surface area contributed by atoms with E-state index < -0.39 is 0 Å². The Morgan fingerprint density at radius 2 is 1.53 bits per heavy atom. The normalized spacial score (nSPS) is 17.8. The van der Waals surface area contributed by atoms with E-state index in [0.29, 0.717) is 37.8 Å². The molecule has 0 N–H and O–H groups in total. The lowest BCUT2D eigenvalue weighted by Crippen LogP contribution is -2.50. The van der Waals surface area contributed by atoms with Gasteiger partial charge in [0.1, 0.15) is 0 Å². The summed E-state index contributed by atoms with van der Waals surface area (Å²) < 4.78 is 0. The number of piperidine rings is 1. The highest BCUT2D eigenvalue weighted by Gasteiger charge is 2.25. The van der Waals surface area contributed by atoms with Gasteiger partial charge in [-0.3, -0.25) is 9.59 Å². The van der Waals surface area contributed by atoms with Gasteiger partial charge in [0.05, 0.1) is 0 Å². The number of hydrogen-bond acceptors (Lipinski definition) is 5. The predicted octanol–water partition coefficient (Wildman–Crippen LogP) is 2.24. The molecule has 2 fully saturated rings. The second-order valence-corrected chi connectivity index (χ2v) is 8.20. The number of rotatable bonds is 4. The molecular weight excluding hydrogens is 378 g/mol. The van der Waals surface area contributed by atoms with E-state index in [9.17, 15) is 9.59 Å². The second-order valence-electron chi connectivity index (χ2n) is 8.20. The minimum atomic E-state index is -0.112. The largest absolute Gasteiger partial charge is 0.355 e. The number of carbonyl (C=O) groups excluding carboxylic acids is 2. The summed E-state index contributed by atoms with van der Waals surface area (Å²) in [5.74, 6) is 1.48. The van der Waals surface area contributed by atoms with Gasteiger partial charge in [0, 0.05) is 46.2 Å². The van der Waals surface area contributed by atoms with Crippen LogP contribution in [-0.2, 0) is 11.2 Å². The summed E-state index contributed by atoms with van der Waals surface area (Å²) >= 11 is 0. The van der Waals surface area contributed by atoms with Crippen molar-refractivity contribution in [2.45, 2.75) is 26.2 Å². The topological polar surface area (TPSA) is 69.6 Å². The number of amides is 2. The Balaban J connectivity index is 1.29. The van der Waals surface area contributed by atoms with Crippen LogP contribution in [0.1, 0.15) is 35.8 Å². The molecule has 7 heteroatoms. The Morgan fingerprint density at radius 1 is 0.867 bits per heavy atom. The monoisotopic (exact) mass is 407 g/mol. The van der Waals surface area contributed by atoms with E-state index in [-0.39, 0.29) is 11.8 Å². The highest BCUT2D eigenvalue weighted by Crippen LogP contribution is 2.24. The van der Waals surface area contributed by atoms with Gasteiger partial charge in [-0.15, -0.1) is 10.2 Å². The summed E-state index contributed by atoms with van der Waals surface area (Å²) in [5, 5.41) is 8.54. The van der Waals surface area contributed by atoms with E-state index in [2.05, 4.69) is 45.4 Å². The fraction of sp³-hybridized carbons (Fsp3) is 0.478. The zero-order valence-corrected chi connectivity index (χ0v) is 17.5. The average Bonchev–Trinajstić information content (AvgIpc) is 2.80. The van der Waals surface area contributed by atoms with Gasteiger partial charge in [-0.2, -0.15) is 0 Å². The zero-order chi connectivity index (χ0) is 20.9. The highest BCUT2D eigenvalue weighted by atomic mass is 16.2. The van der Waals surface area contributed by atoms with Gasteiger partial charge < -0.3 is 14.7 Å². The van der Waals surface area contributed by atoms with Crippen molar-refractivity contribution in [2.24, 2.45) is 5.92 Å². The molecule has 0 atom stereocenters. The molecule has 1 aromatic heterocycles. The van der Waals surface area contributed by atoms with E-state index in [1.165, 1.54) is 5.56 Å². The minimum Gasteiger partial charge on any atom is -0.355 e. The van der Waals surface area contributed by atoms with Crippen LogP contribution in [-0.4, -0.2) is 71.1 Å². The number of carbonyl (C=O) groups is 2. The van der Waals surface area contributed by atoms with Crippen LogP contribution in [0.2, 0.25) is 0 Å². The molecule has 30 heavy (non-hydrogen) atoms. The molecular formula is C23H29N5O2. The van der Waals surface area contributed by atoms with E-state index in [4.69, 9.17) is 0 Å². The van der Waals surface area contributed by atoms with Gasteiger partial charge in [-0.1, -0.05) is 30.3 Å². The van der Waals surface area contributed by atoms with Gasteiger partial charge >= 0.3 is 0 Å². The van der Waals surface area contributed by atoms with Crippen molar-refractivity contribution in [1.82, 2.24) is 20.0 Å². The third kappa shape index (κ3) is 4.78. The first-order valence-corrected chi connectivity index (χ1v) is 10.8. The van der Waals surface area contributed by atoms with Gasteiger partial charge in [0.2, 0.25) is 5.91 Å². The fourth-order valence-electron chi connectivity index (χ4n) is 4.31. The van der Waals surface area contributed by atoms with Crippen molar-refractivity contribution >= 4 is 17.6 Å². The van der Waals surface area contributed by atoms with Crippen LogP contribution in [0, 0.1) is 5.92 Å². The molecule has 2 amide bonds.